The molecule has 7 nitrogen and oxygen atoms in total. The quantitative estimate of drug-likeness (QED) is 0.646. The van der Waals surface area contributed by atoms with Crippen LogP contribution in [0.4, 0.5) is 5.69 Å². The van der Waals surface area contributed by atoms with Crippen molar-refractivity contribution in [3.8, 4) is 5.75 Å². The molecule has 0 aliphatic carbocycles. The summed E-state index contributed by atoms with van der Waals surface area (Å²) in [5, 5.41) is 19.6. The minimum atomic E-state index is -3.70. The molecule has 0 aliphatic rings. The van der Waals surface area contributed by atoms with Crippen molar-refractivity contribution in [3.63, 3.8) is 0 Å². The topological polar surface area (TPSA) is 110 Å². The molecule has 2 aromatic carbocycles. The molecule has 110 valence electrons. The van der Waals surface area contributed by atoms with E-state index in [0.29, 0.717) is 5.56 Å². The van der Waals surface area contributed by atoms with Crippen molar-refractivity contribution >= 4 is 15.7 Å². The molecule has 2 N–H and O–H groups in total. The maximum atomic E-state index is 12.0. The first kappa shape index (κ1) is 14.9. The van der Waals surface area contributed by atoms with Crippen LogP contribution in [0.25, 0.3) is 0 Å². The molecule has 0 atom stereocenters. The molecule has 0 unspecified atom stereocenters. The molecule has 0 saturated carbocycles. The lowest BCUT2D eigenvalue weighted by atomic mass is 10.2. The summed E-state index contributed by atoms with van der Waals surface area (Å²) in [5.41, 5.74) is 0.545. The van der Waals surface area contributed by atoms with Gasteiger partial charge in [-0.05, 0) is 29.8 Å². The van der Waals surface area contributed by atoms with Gasteiger partial charge in [-0.15, -0.1) is 0 Å². The van der Waals surface area contributed by atoms with Crippen molar-refractivity contribution in [1.29, 1.82) is 0 Å². The molecule has 0 radical (unpaired) electrons. The Morgan fingerprint density at radius 1 is 1.05 bits per heavy atom. The average Bonchev–Trinajstić information content (AvgIpc) is 2.46. The number of benzene rings is 2. The fraction of sp³-hybridized carbons (Fsp3) is 0.0769. The van der Waals surface area contributed by atoms with Crippen LogP contribution in [0.2, 0.25) is 0 Å². The van der Waals surface area contributed by atoms with Crippen LogP contribution in [-0.4, -0.2) is 18.4 Å². The highest BCUT2D eigenvalue weighted by molar-refractivity contribution is 7.89. The van der Waals surface area contributed by atoms with Gasteiger partial charge in [0.1, 0.15) is 5.75 Å². The van der Waals surface area contributed by atoms with Crippen LogP contribution < -0.4 is 4.72 Å². The zero-order valence-electron chi connectivity index (χ0n) is 10.8. The van der Waals surface area contributed by atoms with Gasteiger partial charge in [0.05, 0.1) is 9.82 Å². The van der Waals surface area contributed by atoms with Gasteiger partial charge in [0.15, 0.2) is 0 Å². The van der Waals surface area contributed by atoms with E-state index in [2.05, 4.69) is 4.72 Å². The van der Waals surface area contributed by atoms with Gasteiger partial charge in [-0.25, -0.2) is 13.1 Å². The summed E-state index contributed by atoms with van der Waals surface area (Å²) in [7, 11) is -3.70. The maximum absolute atomic E-state index is 12.0. The van der Waals surface area contributed by atoms with Crippen LogP contribution in [0, 0.1) is 10.1 Å². The highest BCUT2D eigenvalue weighted by atomic mass is 32.2. The number of nitro groups is 1. The number of aromatic hydroxyl groups is 1. The largest absolute Gasteiger partial charge is 0.508 e. The number of non-ortho nitro benzene ring substituents is 1. The number of phenols is 1. The summed E-state index contributed by atoms with van der Waals surface area (Å²) in [6.45, 7) is 0.0151. The Bertz CT molecular complexity index is 739. The molecule has 0 aliphatic heterocycles. The van der Waals surface area contributed by atoms with E-state index in [4.69, 9.17) is 5.11 Å². The van der Waals surface area contributed by atoms with E-state index in [-0.39, 0.29) is 22.9 Å². The Kier molecular flexibility index (Phi) is 4.20. The van der Waals surface area contributed by atoms with Gasteiger partial charge in [-0.2, -0.15) is 0 Å². The summed E-state index contributed by atoms with van der Waals surface area (Å²) < 4.78 is 26.4. The Balaban J connectivity index is 2.08. The molecular formula is C13H12N2O5S. The molecule has 0 aromatic heterocycles. The second-order valence-electron chi connectivity index (χ2n) is 4.24. The lowest BCUT2D eigenvalue weighted by Gasteiger charge is -2.07. The molecule has 0 spiro atoms. The van der Waals surface area contributed by atoms with Crippen LogP contribution in [0.5, 0.6) is 5.75 Å². The molecule has 2 aromatic rings. The normalized spacial score (nSPS) is 11.2. The van der Waals surface area contributed by atoms with E-state index in [1.807, 2.05) is 0 Å². The van der Waals surface area contributed by atoms with E-state index in [1.54, 1.807) is 0 Å². The third-order valence-corrected chi connectivity index (χ3v) is 4.18. The zero-order chi connectivity index (χ0) is 15.5. The summed E-state index contributed by atoms with van der Waals surface area (Å²) in [6, 6.07) is 10.7. The maximum Gasteiger partial charge on any atom is 0.269 e. The third kappa shape index (κ3) is 3.77. The second-order valence-corrected chi connectivity index (χ2v) is 6.01. The van der Waals surface area contributed by atoms with Crippen molar-refractivity contribution in [2.24, 2.45) is 0 Å². The van der Waals surface area contributed by atoms with Crippen LogP contribution in [-0.2, 0) is 16.6 Å². The summed E-state index contributed by atoms with van der Waals surface area (Å²) in [6.07, 6.45) is 0. The van der Waals surface area contributed by atoms with Gasteiger partial charge < -0.3 is 5.11 Å². The number of sulfonamides is 1. The van der Waals surface area contributed by atoms with Gasteiger partial charge in [0.2, 0.25) is 10.0 Å². The molecule has 0 saturated heterocycles. The summed E-state index contributed by atoms with van der Waals surface area (Å²) in [4.78, 5) is 10.0. The minimum absolute atomic E-state index is 0.0151. The fourth-order valence-electron chi connectivity index (χ4n) is 1.62. The minimum Gasteiger partial charge on any atom is -0.508 e. The summed E-state index contributed by atoms with van der Waals surface area (Å²) in [5.74, 6) is -0.0238. The lowest BCUT2D eigenvalue weighted by molar-refractivity contribution is -0.384. The molecule has 0 bridgehead atoms. The van der Waals surface area contributed by atoms with Crippen LogP contribution in [0.3, 0.4) is 0 Å². The van der Waals surface area contributed by atoms with Gasteiger partial charge in [-0.3, -0.25) is 10.1 Å². The third-order valence-electron chi connectivity index (χ3n) is 2.76. The highest BCUT2D eigenvalue weighted by Crippen LogP contribution is 2.15. The number of hydrogen-bond donors (Lipinski definition) is 2. The molecule has 0 amide bonds. The zero-order valence-corrected chi connectivity index (χ0v) is 11.6. The van der Waals surface area contributed by atoms with E-state index >= 15 is 0 Å². The number of nitro benzene ring substituents is 1. The van der Waals surface area contributed by atoms with E-state index in [9.17, 15) is 18.5 Å². The first-order valence-electron chi connectivity index (χ1n) is 5.90. The van der Waals surface area contributed by atoms with E-state index < -0.39 is 14.9 Å². The molecule has 21 heavy (non-hydrogen) atoms. The van der Waals surface area contributed by atoms with Crippen LogP contribution in [0.1, 0.15) is 5.56 Å². The van der Waals surface area contributed by atoms with Crippen molar-refractivity contribution < 1.29 is 18.4 Å². The van der Waals surface area contributed by atoms with Crippen molar-refractivity contribution in [1.82, 2.24) is 4.72 Å². The summed E-state index contributed by atoms with van der Waals surface area (Å²) >= 11 is 0. The van der Waals surface area contributed by atoms with E-state index in [1.165, 1.54) is 48.5 Å². The monoisotopic (exact) mass is 308 g/mol. The predicted octanol–water partition coefficient (Wildman–Crippen LogP) is 1.78. The number of hydrogen-bond acceptors (Lipinski definition) is 5. The van der Waals surface area contributed by atoms with Gasteiger partial charge in [0, 0.05) is 18.7 Å². The Hall–Kier alpha value is -2.45. The fourth-order valence-corrected chi connectivity index (χ4v) is 2.64. The first-order chi connectivity index (χ1) is 9.88. The molecule has 8 heteroatoms. The van der Waals surface area contributed by atoms with E-state index in [0.717, 1.165) is 0 Å². The number of nitrogens with zero attached hydrogens (tertiary/aromatic N) is 1. The van der Waals surface area contributed by atoms with Gasteiger partial charge in [0.25, 0.3) is 5.69 Å². The molecule has 0 fully saturated rings. The predicted molar refractivity (Wildman–Crippen MR) is 75.2 cm³/mol. The van der Waals surface area contributed by atoms with Gasteiger partial charge >= 0.3 is 0 Å². The molecule has 0 heterocycles. The van der Waals surface area contributed by atoms with Crippen molar-refractivity contribution in [2.75, 3.05) is 0 Å². The standard InChI is InChI=1S/C13H12N2O5S/c16-12-5-7-13(8-6-12)21(19,20)14-9-10-1-3-11(4-2-10)15(17)18/h1-8,14,16H,9H2. The number of rotatable bonds is 5. The molecular weight excluding hydrogens is 296 g/mol. The SMILES string of the molecule is O=[N+]([O-])c1ccc(CNS(=O)(=O)c2ccc(O)cc2)cc1. The second kappa shape index (κ2) is 5.90. The Morgan fingerprint density at radius 2 is 1.62 bits per heavy atom. The Labute approximate surface area is 121 Å². The van der Waals surface area contributed by atoms with Crippen molar-refractivity contribution in [2.45, 2.75) is 11.4 Å². The smallest absolute Gasteiger partial charge is 0.269 e. The van der Waals surface area contributed by atoms with Crippen LogP contribution in [0.15, 0.2) is 53.4 Å². The van der Waals surface area contributed by atoms with Crippen LogP contribution >= 0.6 is 0 Å². The van der Waals surface area contributed by atoms with Crippen molar-refractivity contribution in [3.05, 3.63) is 64.2 Å². The number of phenolic OH excluding ortho intramolecular Hbond substituents is 1. The Morgan fingerprint density at radius 3 is 2.14 bits per heavy atom. The molecule has 2 rings (SSSR count). The number of nitrogens with one attached hydrogen (secondary N) is 1. The lowest BCUT2D eigenvalue weighted by Crippen LogP contribution is -2.23. The first-order valence-corrected chi connectivity index (χ1v) is 7.39. The highest BCUT2D eigenvalue weighted by Gasteiger charge is 2.13. The van der Waals surface area contributed by atoms with Gasteiger partial charge in [-0.1, -0.05) is 12.1 Å². The average molecular weight is 308 g/mol.